The zero-order valence-corrected chi connectivity index (χ0v) is 11.0. The van der Waals surface area contributed by atoms with Crippen LogP contribution < -0.4 is 5.32 Å². The minimum atomic E-state index is 0.0645. The van der Waals surface area contributed by atoms with Gasteiger partial charge in [0.25, 0.3) is 0 Å². The van der Waals surface area contributed by atoms with Crippen LogP contribution >= 0.6 is 11.8 Å². The normalized spacial score (nSPS) is 16.8. The van der Waals surface area contributed by atoms with E-state index in [-0.39, 0.29) is 11.9 Å². The van der Waals surface area contributed by atoms with Crippen LogP contribution in [-0.2, 0) is 4.79 Å². The second-order valence-corrected chi connectivity index (χ2v) is 5.36. The average molecular weight is 254 g/mol. The molecule has 6 heteroatoms. The van der Waals surface area contributed by atoms with Crippen LogP contribution in [0.1, 0.15) is 39.2 Å². The molecule has 5 nitrogen and oxygen atoms in total. The molecular formula is C11H18N4OS. The maximum absolute atomic E-state index is 11.6. The molecular weight excluding hydrogens is 236 g/mol. The highest BCUT2D eigenvalue weighted by molar-refractivity contribution is 7.99. The van der Waals surface area contributed by atoms with E-state index in [9.17, 15) is 4.79 Å². The molecule has 1 unspecified atom stereocenters. The lowest BCUT2D eigenvalue weighted by molar-refractivity contribution is -0.119. The zero-order chi connectivity index (χ0) is 12.3. The maximum atomic E-state index is 11.6. The van der Waals surface area contributed by atoms with E-state index in [0.717, 1.165) is 11.6 Å². The van der Waals surface area contributed by atoms with Crippen LogP contribution in [0.5, 0.6) is 0 Å². The van der Waals surface area contributed by atoms with Crippen molar-refractivity contribution in [3.63, 3.8) is 0 Å². The van der Waals surface area contributed by atoms with Crippen molar-refractivity contribution < 1.29 is 4.79 Å². The lowest BCUT2D eigenvalue weighted by Gasteiger charge is -2.10. The molecule has 1 atom stereocenters. The van der Waals surface area contributed by atoms with Crippen LogP contribution in [0.15, 0.2) is 11.5 Å². The first kappa shape index (κ1) is 12.4. The summed E-state index contributed by atoms with van der Waals surface area (Å²) in [6.45, 7) is 4.07. The Kier molecular flexibility index (Phi) is 4.04. The van der Waals surface area contributed by atoms with Gasteiger partial charge in [0.1, 0.15) is 6.33 Å². The molecule has 1 heterocycles. The maximum Gasteiger partial charge on any atom is 0.230 e. The van der Waals surface area contributed by atoms with Crippen LogP contribution in [0.25, 0.3) is 0 Å². The molecule has 1 aromatic rings. The smallest absolute Gasteiger partial charge is 0.230 e. The number of nitrogens with one attached hydrogen (secondary N) is 1. The highest BCUT2D eigenvalue weighted by Crippen LogP contribution is 2.37. The molecule has 0 radical (unpaired) electrons. The van der Waals surface area contributed by atoms with Crippen LogP contribution in [0, 0.1) is 0 Å². The van der Waals surface area contributed by atoms with E-state index in [4.69, 9.17) is 0 Å². The Bertz CT molecular complexity index is 389. The lowest BCUT2D eigenvalue weighted by Crippen LogP contribution is -2.33. The van der Waals surface area contributed by atoms with E-state index >= 15 is 0 Å². The van der Waals surface area contributed by atoms with Gasteiger partial charge < -0.3 is 9.88 Å². The molecule has 1 aromatic heterocycles. The van der Waals surface area contributed by atoms with E-state index in [1.165, 1.54) is 24.6 Å². The fraction of sp³-hybridized carbons (Fsp3) is 0.727. The quantitative estimate of drug-likeness (QED) is 0.784. The van der Waals surface area contributed by atoms with Crippen LogP contribution in [0.4, 0.5) is 0 Å². The Labute approximate surface area is 105 Å². The van der Waals surface area contributed by atoms with E-state index in [1.54, 1.807) is 6.33 Å². The highest BCUT2D eigenvalue weighted by Gasteiger charge is 2.26. The highest BCUT2D eigenvalue weighted by atomic mass is 32.2. The zero-order valence-electron chi connectivity index (χ0n) is 10.2. The van der Waals surface area contributed by atoms with Crippen molar-refractivity contribution in [2.45, 2.75) is 50.4 Å². The summed E-state index contributed by atoms with van der Waals surface area (Å²) in [7, 11) is 0. The summed E-state index contributed by atoms with van der Waals surface area (Å²) >= 11 is 1.46. The Balaban J connectivity index is 1.80. The van der Waals surface area contributed by atoms with Gasteiger partial charge in [-0.3, -0.25) is 4.79 Å². The number of carbonyl (C=O) groups excluding carboxylic acids is 1. The topological polar surface area (TPSA) is 59.8 Å². The van der Waals surface area contributed by atoms with Gasteiger partial charge in [-0.1, -0.05) is 18.7 Å². The molecule has 1 saturated carbocycles. The van der Waals surface area contributed by atoms with Gasteiger partial charge in [-0.2, -0.15) is 0 Å². The SMILES string of the molecule is CCC(C)NC(=O)CSc1nncn1C1CC1. The van der Waals surface area contributed by atoms with Gasteiger partial charge in [0, 0.05) is 12.1 Å². The molecule has 2 rings (SSSR count). The standard InChI is InChI=1S/C11H18N4OS/c1-3-8(2)13-10(16)6-17-11-14-12-7-15(11)9-4-5-9/h7-9H,3-6H2,1-2H3,(H,13,16). The van der Waals surface area contributed by atoms with Gasteiger partial charge in [0.05, 0.1) is 5.75 Å². The van der Waals surface area contributed by atoms with Crippen molar-refractivity contribution in [2.24, 2.45) is 0 Å². The fourth-order valence-electron chi connectivity index (χ4n) is 1.49. The number of carbonyl (C=O) groups is 1. The first-order valence-corrected chi connectivity index (χ1v) is 7.01. The minimum Gasteiger partial charge on any atom is -0.353 e. The number of aromatic nitrogens is 3. The molecule has 1 amide bonds. The predicted molar refractivity (Wildman–Crippen MR) is 66.9 cm³/mol. The van der Waals surface area contributed by atoms with Crippen molar-refractivity contribution in [1.82, 2.24) is 20.1 Å². The van der Waals surface area contributed by atoms with E-state index in [1.807, 2.05) is 6.92 Å². The van der Waals surface area contributed by atoms with Gasteiger partial charge in [-0.05, 0) is 26.2 Å². The van der Waals surface area contributed by atoms with Crippen LogP contribution in [0.2, 0.25) is 0 Å². The van der Waals surface area contributed by atoms with Gasteiger partial charge in [0.15, 0.2) is 5.16 Å². The number of nitrogens with zero attached hydrogens (tertiary/aromatic N) is 3. The molecule has 1 N–H and O–H groups in total. The summed E-state index contributed by atoms with van der Waals surface area (Å²) in [6, 6.07) is 0.800. The number of amides is 1. The summed E-state index contributed by atoms with van der Waals surface area (Å²) in [4.78, 5) is 11.6. The molecule has 0 aliphatic heterocycles. The average Bonchev–Trinajstić information content (AvgIpc) is 3.05. The number of hydrogen-bond acceptors (Lipinski definition) is 4. The van der Waals surface area contributed by atoms with Crippen molar-refractivity contribution >= 4 is 17.7 Å². The third kappa shape index (κ3) is 3.46. The van der Waals surface area contributed by atoms with Gasteiger partial charge >= 0.3 is 0 Å². The summed E-state index contributed by atoms with van der Waals surface area (Å²) < 4.78 is 2.07. The molecule has 0 saturated heterocycles. The minimum absolute atomic E-state index is 0.0645. The largest absolute Gasteiger partial charge is 0.353 e. The summed E-state index contributed by atoms with van der Waals surface area (Å²) in [5.41, 5.74) is 0. The summed E-state index contributed by atoms with van der Waals surface area (Å²) in [5.74, 6) is 0.477. The van der Waals surface area contributed by atoms with Crippen LogP contribution in [-0.4, -0.2) is 32.5 Å². The molecule has 1 fully saturated rings. The second-order valence-electron chi connectivity index (χ2n) is 4.42. The third-order valence-electron chi connectivity index (χ3n) is 2.83. The Morgan fingerprint density at radius 1 is 1.71 bits per heavy atom. The lowest BCUT2D eigenvalue weighted by atomic mass is 10.3. The molecule has 1 aliphatic rings. The van der Waals surface area contributed by atoms with Gasteiger partial charge in [-0.15, -0.1) is 10.2 Å². The summed E-state index contributed by atoms with van der Waals surface area (Å²) in [5, 5.41) is 11.7. The Hall–Kier alpha value is -1.04. The summed E-state index contributed by atoms with van der Waals surface area (Å²) in [6.07, 6.45) is 5.11. The van der Waals surface area contributed by atoms with Crippen LogP contribution in [0.3, 0.4) is 0 Å². The van der Waals surface area contributed by atoms with E-state index in [2.05, 4.69) is 27.0 Å². The Morgan fingerprint density at radius 2 is 2.47 bits per heavy atom. The molecule has 0 bridgehead atoms. The first-order valence-electron chi connectivity index (χ1n) is 6.02. The predicted octanol–water partition coefficient (Wildman–Crippen LogP) is 1.62. The van der Waals surface area contributed by atoms with Gasteiger partial charge in [-0.25, -0.2) is 0 Å². The van der Waals surface area contributed by atoms with Crippen molar-refractivity contribution in [3.8, 4) is 0 Å². The van der Waals surface area contributed by atoms with Gasteiger partial charge in [0.2, 0.25) is 5.91 Å². The fourth-order valence-corrected chi connectivity index (χ4v) is 2.28. The third-order valence-corrected chi connectivity index (χ3v) is 3.79. The number of hydrogen-bond donors (Lipinski definition) is 1. The van der Waals surface area contributed by atoms with Crippen molar-refractivity contribution in [2.75, 3.05) is 5.75 Å². The molecule has 0 aromatic carbocycles. The first-order chi connectivity index (χ1) is 8.20. The molecule has 1 aliphatic carbocycles. The number of rotatable bonds is 6. The van der Waals surface area contributed by atoms with Crippen molar-refractivity contribution in [1.29, 1.82) is 0 Å². The number of thioether (sulfide) groups is 1. The molecule has 94 valence electrons. The Morgan fingerprint density at radius 3 is 3.12 bits per heavy atom. The van der Waals surface area contributed by atoms with E-state index < -0.39 is 0 Å². The molecule has 0 spiro atoms. The second kappa shape index (κ2) is 5.53. The van der Waals surface area contributed by atoms with Crippen molar-refractivity contribution in [3.05, 3.63) is 6.33 Å². The molecule has 17 heavy (non-hydrogen) atoms. The monoisotopic (exact) mass is 254 g/mol. The van der Waals surface area contributed by atoms with E-state index in [0.29, 0.717) is 11.8 Å².